The van der Waals surface area contributed by atoms with Crippen LogP contribution >= 0.6 is 0 Å². The Bertz CT molecular complexity index is 851. The third-order valence-corrected chi connectivity index (χ3v) is 4.66. The van der Waals surface area contributed by atoms with Crippen molar-refractivity contribution < 1.29 is 14.3 Å². The largest absolute Gasteiger partial charge is 0.497 e. The fraction of sp³-hybridized carbons (Fsp3) is 0.263. The smallest absolute Gasteiger partial charge is 0.263 e. The van der Waals surface area contributed by atoms with E-state index in [-0.39, 0.29) is 11.8 Å². The molecule has 132 valence electrons. The van der Waals surface area contributed by atoms with E-state index < -0.39 is 12.1 Å². The summed E-state index contributed by atoms with van der Waals surface area (Å²) >= 11 is 0. The fourth-order valence-electron chi connectivity index (χ4n) is 3.28. The van der Waals surface area contributed by atoms with Crippen molar-refractivity contribution in [1.82, 2.24) is 5.01 Å². The molecule has 0 bridgehead atoms. The molecule has 2 aromatic carbocycles. The lowest BCUT2D eigenvalue weighted by Gasteiger charge is -2.20. The minimum Gasteiger partial charge on any atom is -0.497 e. The highest BCUT2D eigenvalue weighted by atomic mass is 16.5. The highest BCUT2D eigenvalue weighted by Crippen LogP contribution is 2.31. The van der Waals surface area contributed by atoms with Gasteiger partial charge in [-0.1, -0.05) is 35.6 Å². The number of hydrogen-bond donors (Lipinski definition) is 0. The Morgan fingerprint density at radius 2 is 1.73 bits per heavy atom. The molecule has 0 spiro atoms. The van der Waals surface area contributed by atoms with Crippen LogP contribution in [0.1, 0.15) is 5.56 Å². The molecule has 7 nitrogen and oxygen atoms in total. The van der Waals surface area contributed by atoms with Crippen molar-refractivity contribution in [1.29, 1.82) is 0 Å². The van der Waals surface area contributed by atoms with Crippen LogP contribution in [0.5, 0.6) is 5.75 Å². The normalized spacial score (nSPS) is 21.4. The zero-order valence-corrected chi connectivity index (χ0v) is 14.3. The lowest BCUT2D eigenvalue weighted by atomic mass is 10.1. The summed E-state index contributed by atoms with van der Waals surface area (Å²) < 4.78 is 5.15. The van der Waals surface area contributed by atoms with Gasteiger partial charge in [0, 0.05) is 6.54 Å². The van der Waals surface area contributed by atoms with Gasteiger partial charge >= 0.3 is 0 Å². The van der Waals surface area contributed by atoms with Gasteiger partial charge < -0.3 is 4.74 Å². The average molecular weight is 350 g/mol. The minimum absolute atomic E-state index is 0.272. The van der Waals surface area contributed by atoms with Crippen molar-refractivity contribution >= 4 is 17.5 Å². The second-order valence-corrected chi connectivity index (χ2v) is 6.20. The first kappa shape index (κ1) is 16.3. The number of imide groups is 1. The number of carbonyl (C=O) groups excluding carboxylic acids is 2. The molecule has 7 heteroatoms. The van der Waals surface area contributed by atoms with E-state index in [1.54, 1.807) is 36.4 Å². The summed E-state index contributed by atoms with van der Waals surface area (Å²) in [5, 5.41) is 9.73. The van der Waals surface area contributed by atoms with Crippen LogP contribution in [0.25, 0.3) is 0 Å². The van der Waals surface area contributed by atoms with Crippen LogP contribution in [0.15, 0.2) is 64.9 Å². The SMILES string of the molecule is COc1ccc(CCN2N=NC3C(=O)N(c4ccccc4)C(=O)C32)cc1. The standard InChI is InChI=1S/C19H18N4O3/c1-26-15-9-7-13(8-10-15)11-12-22-17-16(20-21-22)18(24)23(19(17)25)14-5-3-2-4-6-14/h2-10,16-17H,11-12H2,1H3. The zero-order valence-electron chi connectivity index (χ0n) is 14.3. The first-order valence-electron chi connectivity index (χ1n) is 8.42. The Kier molecular flexibility index (Phi) is 4.12. The molecule has 2 aliphatic heterocycles. The van der Waals surface area contributed by atoms with Gasteiger partial charge in [0.2, 0.25) is 0 Å². The van der Waals surface area contributed by atoms with Gasteiger partial charge in [0.05, 0.1) is 12.8 Å². The van der Waals surface area contributed by atoms with Crippen LogP contribution in [0.2, 0.25) is 0 Å². The molecule has 2 amide bonds. The van der Waals surface area contributed by atoms with Crippen molar-refractivity contribution in [2.45, 2.75) is 18.5 Å². The third kappa shape index (κ3) is 2.71. The van der Waals surface area contributed by atoms with Gasteiger partial charge in [-0.2, -0.15) is 5.11 Å². The Hall–Kier alpha value is -3.22. The first-order chi connectivity index (χ1) is 12.7. The highest BCUT2D eigenvalue weighted by Gasteiger charge is 2.54. The van der Waals surface area contributed by atoms with Crippen molar-refractivity contribution in [2.75, 3.05) is 18.6 Å². The minimum atomic E-state index is -0.751. The molecule has 0 saturated carbocycles. The summed E-state index contributed by atoms with van der Waals surface area (Å²) in [6, 6.07) is 15.3. The summed E-state index contributed by atoms with van der Waals surface area (Å²) in [6.45, 7) is 0.513. The molecule has 0 N–H and O–H groups in total. The van der Waals surface area contributed by atoms with E-state index in [1.807, 2.05) is 30.3 Å². The quantitative estimate of drug-likeness (QED) is 0.775. The molecule has 1 saturated heterocycles. The van der Waals surface area contributed by atoms with Crippen molar-refractivity contribution in [3.05, 3.63) is 60.2 Å². The number of amides is 2. The molecular formula is C19H18N4O3. The molecule has 1 fully saturated rings. The molecule has 2 heterocycles. The van der Waals surface area contributed by atoms with Gasteiger partial charge in [0.15, 0.2) is 12.1 Å². The Balaban J connectivity index is 1.48. The molecule has 2 atom stereocenters. The van der Waals surface area contributed by atoms with Crippen LogP contribution < -0.4 is 9.64 Å². The predicted molar refractivity (Wildman–Crippen MR) is 94.8 cm³/mol. The number of para-hydroxylation sites is 1. The molecule has 0 radical (unpaired) electrons. The molecule has 2 unspecified atom stereocenters. The molecule has 2 aromatic rings. The molecule has 2 aliphatic rings. The fourth-order valence-corrected chi connectivity index (χ4v) is 3.28. The Morgan fingerprint density at radius 1 is 1.00 bits per heavy atom. The number of hydrogen-bond acceptors (Lipinski definition) is 6. The van der Waals surface area contributed by atoms with E-state index in [1.165, 1.54) is 4.90 Å². The lowest BCUT2D eigenvalue weighted by molar-refractivity contribution is -0.123. The van der Waals surface area contributed by atoms with Crippen LogP contribution in [-0.4, -0.2) is 42.6 Å². The average Bonchev–Trinajstić information content (AvgIpc) is 3.21. The van der Waals surface area contributed by atoms with Crippen molar-refractivity contribution in [3.63, 3.8) is 0 Å². The number of fused-ring (bicyclic) bond motifs is 1. The van der Waals surface area contributed by atoms with E-state index in [4.69, 9.17) is 4.74 Å². The van der Waals surface area contributed by atoms with Crippen molar-refractivity contribution in [2.24, 2.45) is 10.3 Å². The van der Waals surface area contributed by atoms with Gasteiger partial charge in [-0.15, -0.1) is 0 Å². The molecule has 0 aromatic heterocycles. The molecule has 0 aliphatic carbocycles. The van der Waals surface area contributed by atoms with E-state index in [2.05, 4.69) is 10.3 Å². The van der Waals surface area contributed by atoms with E-state index in [9.17, 15) is 9.59 Å². The maximum Gasteiger partial charge on any atom is 0.263 e. The second-order valence-electron chi connectivity index (χ2n) is 6.20. The number of rotatable bonds is 5. The topological polar surface area (TPSA) is 74.6 Å². The highest BCUT2D eigenvalue weighted by molar-refractivity contribution is 6.25. The Morgan fingerprint density at radius 3 is 2.42 bits per heavy atom. The second kappa shape index (κ2) is 6.59. The number of benzene rings is 2. The van der Waals surface area contributed by atoms with E-state index in [0.29, 0.717) is 18.7 Å². The van der Waals surface area contributed by atoms with Crippen LogP contribution in [0.3, 0.4) is 0 Å². The number of ether oxygens (including phenoxy) is 1. The monoisotopic (exact) mass is 350 g/mol. The van der Waals surface area contributed by atoms with Gasteiger partial charge in [-0.25, -0.2) is 4.90 Å². The number of nitrogens with zero attached hydrogens (tertiary/aromatic N) is 4. The number of methoxy groups -OCH3 is 1. The number of anilines is 1. The summed E-state index contributed by atoms with van der Waals surface area (Å²) in [6.07, 6.45) is 0.693. The van der Waals surface area contributed by atoms with Gasteiger partial charge in [0.1, 0.15) is 5.75 Å². The molecule has 26 heavy (non-hydrogen) atoms. The predicted octanol–water partition coefficient (Wildman–Crippen LogP) is 2.23. The summed E-state index contributed by atoms with van der Waals surface area (Å²) in [7, 11) is 1.63. The van der Waals surface area contributed by atoms with Gasteiger partial charge in [-0.3, -0.25) is 14.6 Å². The van der Waals surface area contributed by atoms with Crippen molar-refractivity contribution in [3.8, 4) is 5.75 Å². The van der Waals surface area contributed by atoms with E-state index in [0.717, 1.165) is 11.3 Å². The maximum absolute atomic E-state index is 12.8. The Labute approximate surface area is 150 Å². The van der Waals surface area contributed by atoms with Crippen LogP contribution in [-0.2, 0) is 16.0 Å². The third-order valence-electron chi connectivity index (χ3n) is 4.66. The van der Waals surface area contributed by atoms with Crippen LogP contribution in [0, 0.1) is 0 Å². The lowest BCUT2D eigenvalue weighted by Crippen LogP contribution is -2.40. The maximum atomic E-state index is 12.8. The van der Waals surface area contributed by atoms with Gasteiger partial charge in [0.25, 0.3) is 11.8 Å². The molecular weight excluding hydrogens is 332 g/mol. The summed E-state index contributed by atoms with van der Waals surface area (Å²) in [4.78, 5) is 26.6. The number of carbonyl (C=O) groups is 2. The molecule has 4 rings (SSSR count). The van der Waals surface area contributed by atoms with E-state index >= 15 is 0 Å². The van der Waals surface area contributed by atoms with Gasteiger partial charge in [-0.05, 0) is 36.2 Å². The zero-order chi connectivity index (χ0) is 18.1. The summed E-state index contributed by atoms with van der Waals surface area (Å²) in [5.74, 6) is 0.206. The summed E-state index contributed by atoms with van der Waals surface area (Å²) in [5.41, 5.74) is 1.67. The van der Waals surface area contributed by atoms with Crippen LogP contribution in [0.4, 0.5) is 5.69 Å². The first-order valence-corrected chi connectivity index (χ1v) is 8.42.